The molecule has 0 aromatic carbocycles. The zero-order chi connectivity index (χ0) is 13.3. The van der Waals surface area contributed by atoms with Crippen LogP contribution in [0.2, 0.25) is 0 Å². The third-order valence-corrected chi connectivity index (χ3v) is 5.22. The Kier molecular flexibility index (Phi) is 3.72. The Morgan fingerprint density at radius 1 is 1.56 bits per heavy atom. The number of rotatable bonds is 4. The van der Waals surface area contributed by atoms with Crippen molar-refractivity contribution >= 4 is 9.84 Å². The minimum atomic E-state index is -2.87. The van der Waals surface area contributed by atoms with Crippen molar-refractivity contribution < 1.29 is 8.42 Å². The standard InChI is InChI=1S/C11H20N4O2S/c1-8(2)15-11(13-7-14-15)5-10(12)9-3-4-18(16,17)6-9/h7-10H,3-6,12H2,1-2H3. The van der Waals surface area contributed by atoms with Crippen LogP contribution in [0.3, 0.4) is 0 Å². The molecule has 2 heterocycles. The second kappa shape index (κ2) is 4.97. The summed E-state index contributed by atoms with van der Waals surface area (Å²) in [6.07, 6.45) is 2.77. The average molecular weight is 272 g/mol. The first kappa shape index (κ1) is 13.5. The van der Waals surface area contributed by atoms with E-state index in [2.05, 4.69) is 10.1 Å². The molecule has 0 spiro atoms. The lowest BCUT2D eigenvalue weighted by Crippen LogP contribution is -2.34. The number of nitrogens with zero attached hydrogens (tertiary/aromatic N) is 3. The topological polar surface area (TPSA) is 90.9 Å². The van der Waals surface area contributed by atoms with E-state index in [-0.39, 0.29) is 29.5 Å². The highest BCUT2D eigenvalue weighted by atomic mass is 32.2. The molecule has 0 aliphatic carbocycles. The van der Waals surface area contributed by atoms with E-state index in [1.165, 1.54) is 6.33 Å². The van der Waals surface area contributed by atoms with Crippen molar-refractivity contribution in [2.24, 2.45) is 11.7 Å². The van der Waals surface area contributed by atoms with Gasteiger partial charge in [-0.15, -0.1) is 0 Å². The Labute approximate surface area is 108 Å². The maximum absolute atomic E-state index is 11.4. The van der Waals surface area contributed by atoms with Gasteiger partial charge in [0.25, 0.3) is 0 Å². The van der Waals surface area contributed by atoms with Crippen molar-refractivity contribution in [2.45, 2.75) is 38.8 Å². The van der Waals surface area contributed by atoms with Gasteiger partial charge >= 0.3 is 0 Å². The van der Waals surface area contributed by atoms with Crippen LogP contribution in [-0.4, -0.2) is 40.7 Å². The van der Waals surface area contributed by atoms with Crippen molar-refractivity contribution in [3.8, 4) is 0 Å². The molecule has 0 saturated carbocycles. The highest BCUT2D eigenvalue weighted by molar-refractivity contribution is 7.91. The van der Waals surface area contributed by atoms with Crippen molar-refractivity contribution in [3.05, 3.63) is 12.2 Å². The number of aromatic nitrogens is 3. The zero-order valence-corrected chi connectivity index (χ0v) is 11.6. The fourth-order valence-corrected chi connectivity index (χ4v) is 4.29. The molecule has 1 aliphatic rings. The number of sulfone groups is 1. The van der Waals surface area contributed by atoms with Gasteiger partial charge < -0.3 is 5.73 Å². The van der Waals surface area contributed by atoms with E-state index in [1.807, 2.05) is 18.5 Å². The van der Waals surface area contributed by atoms with Crippen LogP contribution in [0, 0.1) is 5.92 Å². The lowest BCUT2D eigenvalue weighted by atomic mass is 9.97. The molecule has 0 amide bonds. The van der Waals surface area contributed by atoms with Crippen LogP contribution in [0.5, 0.6) is 0 Å². The quantitative estimate of drug-likeness (QED) is 0.843. The van der Waals surface area contributed by atoms with Crippen LogP contribution in [0.25, 0.3) is 0 Å². The van der Waals surface area contributed by atoms with Crippen molar-refractivity contribution in [1.29, 1.82) is 0 Å². The highest BCUT2D eigenvalue weighted by Gasteiger charge is 2.32. The summed E-state index contributed by atoms with van der Waals surface area (Å²) < 4.78 is 24.7. The minimum absolute atomic E-state index is 0.0484. The second-order valence-electron chi connectivity index (χ2n) is 5.25. The average Bonchev–Trinajstić information content (AvgIpc) is 2.84. The van der Waals surface area contributed by atoms with Gasteiger partial charge in [0.15, 0.2) is 9.84 Å². The van der Waals surface area contributed by atoms with Crippen LogP contribution in [0.4, 0.5) is 0 Å². The maximum Gasteiger partial charge on any atom is 0.150 e. The summed E-state index contributed by atoms with van der Waals surface area (Å²) in [5.74, 6) is 1.36. The van der Waals surface area contributed by atoms with Gasteiger partial charge in [0.2, 0.25) is 0 Å². The van der Waals surface area contributed by atoms with Gasteiger partial charge in [-0.1, -0.05) is 0 Å². The summed E-state index contributed by atoms with van der Waals surface area (Å²) in [6, 6.07) is 0.0750. The number of nitrogens with two attached hydrogens (primary N) is 1. The van der Waals surface area contributed by atoms with Crippen molar-refractivity contribution in [3.63, 3.8) is 0 Å². The SMILES string of the molecule is CC(C)n1ncnc1CC(N)C1CCS(=O)(=O)C1. The van der Waals surface area contributed by atoms with E-state index in [0.717, 1.165) is 5.82 Å². The van der Waals surface area contributed by atoms with Crippen LogP contribution in [0.1, 0.15) is 32.1 Å². The van der Waals surface area contributed by atoms with Gasteiger partial charge in [0.05, 0.1) is 11.5 Å². The van der Waals surface area contributed by atoms with Crippen LogP contribution >= 0.6 is 0 Å². The smallest absolute Gasteiger partial charge is 0.150 e. The van der Waals surface area contributed by atoms with Crippen LogP contribution in [-0.2, 0) is 16.3 Å². The Balaban J connectivity index is 2.03. The summed E-state index contributed by atoms with van der Waals surface area (Å²) in [4.78, 5) is 4.21. The van der Waals surface area contributed by atoms with Crippen molar-refractivity contribution in [2.75, 3.05) is 11.5 Å². The summed E-state index contributed by atoms with van der Waals surface area (Å²) in [6.45, 7) is 4.06. The molecule has 2 unspecified atom stereocenters. The highest BCUT2D eigenvalue weighted by Crippen LogP contribution is 2.22. The fourth-order valence-electron chi connectivity index (χ4n) is 2.39. The van der Waals surface area contributed by atoms with Gasteiger partial charge in [-0.25, -0.2) is 18.1 Å². The molecular weight excluding hydrogens is 252 g/mol. The lowest BCUT2D eigenvalue weighted by Gasteiger charge is -2.18. The lowest BCUT2D eigenvalue weighted by molar-refractivity contribution is 0.428. The summed E-state index contributed by atoms with van der Waals surface area (Å²) in [5, 5.41) is 4.16. The largest absolute Gasteiger partial charge is 0.327 e. The van der Waals surface area contributed by atoms with E-state index >= 15 is 0 Å². The number of hydrogen-bond acceptors (Lipinski definition) is 5. The van der Waals surface area contributed by atoms with E-state index in [4.69, 9.17) is 5.73 Å². The van der Waals surface area contributed by atoms with Gasteiger partial charge in [0, 0.05) is 18.5 Å². The first-order valence-electron chi connectivity index (χ1n) is 6.23. The molecule has 2 atom stereocenters. The summed E-state index contributed by atoms with van der Waals surface area (Å²) in [7, 11) is -2.87. The van der Waals surface area contributed by atoms with E-state index in [1.54, 1.807) is 0 Å². The van der Waals surface area contributed by atoms with Gasteiger partial charge in [-0.05, 0) is 26.2 Å². The summed E-state index contributed by atoms with van der Waals surface area (Å²) >= 11 is 0. The molecule has 1 saturated heterocycles. The third-order valence-electron chi connectivity index (χ3n) is 3.43. The number of hydrogen-bond donors (Lipinski definition) is 1. The molecule has 2 N–H and O–H groups in total. The molecule has 7 heteroatoms. The predicted molar refractivity (Wildman–Crippen MR) is 68.8 cm³/mol. The molecule has 18 heavy (non-hydrogen) atoms. The van der Waals surface area contributed by atoms with Crippen LogP contribution < -0.4 is 5.73 Å². The molecule has 1 aromatic rings. The molecule has 1 fully saturated rings. The Morgan fingerprint density at radius 2 is 2.28 bits per heavy atom. The van der Waals surface area contributed by atoms with E-state index in [9.17, 15) is 8.42 Å². The molecule has 2 rings (SSSR count). The third kappa shape index (κ3) is 2.89. The maximum atomic E-state index is 11.4. The van der Waals surface area contributed by atoms with Crippen molar-refractivity contribution in [1.82, 2.24) is 14.8 Å². The normalized spacial score (nSPS) is 24.6. The first-order chi connectivity index (χ1) is 8.39. The van der Waals surface area contributed by atoms with E-state index in [0.29, 0.717) is 12.8 Å². The minimum Gasteiger partial charge on any atom is -0.327 e. The zero-order valence-electron chi connectivity index (χ0n) is 10.8. The fraction of sp³-hybridized carbons (Fsp3) is 0.818. The Bertz CT molecular complexity index is 509. The molecule has 0 bridgehead atoms. The monoisotopic (exact) mass is 272 g/mol. The Hall–Kier alpha value is -0.950. The molecule has 1 aromatic heterocycles. The van der Waals surface area contributed by atoms with Gasteiger partial charge in [0.1, 0.15) is 12.2 Å². The second-order valence-corrected chi connectivity index (χ2v) is 7.47. The predicted octanol–water partition coefficient (Wildman–Crippen LogP) is 0.164. The summed E-state index contributed by atoms with van der Waals surface area (Å²) in [5.41, 5.74) is 6.11. The van der Waals surface area contributed by atoms with Gasteiger partial charge in [-0.2, -0.15) is 5.10 Å². The first-order valence-corrected chi connectivity index (χ1v) is 8.05. The molecule has 1 aliphatic heterocycles. The molecule has 0 radical (unpaired) electrons. The molecular formula is C11H20N4O2S. The molecule has 6 nitrogen and oxygen atoms in total. The van der Waals surface area contributed by atoms with Crippen LogP contribution in [0.15, 0.2) is 6.33 Å². The molecule has 102 valence electrons. The van der Waals surface area contributed by atoms with Gasteiger partial charge in [-0.3, -0.25) is 0 Å². The Morgan fingerprint density at radius 3 is 2.83 bits per heavy atom. The van der Waals surface area contributed by atoms with E-state index < -0.39 is 9.84 Å².